The molecule has 2 aliphatic heterocycles. The van der Waals surface area contributed by atoms with Crippen LogP contribution in [0.15, 0.2) is 53.4 Å². The van der Waals surface area contributed by atoms with Crippen LogP contribution in [0.25, 0.3) is 0 Å². The lowest BCUT2D eigenvalue weighted by atomic mass is 9.96. The topological polar surface area (TPSA) is 76.2 Å². The SMILES string of the molecule is CCN(Cc1ccc2c(c1)OCCO2)C(=O)C1CCN(S(=O)(=O)c2ccccc2)CC1. The van der Waals surface area contributed by atoms with Crippen molar-refractivity contribution in [3.63, 3.8) is 0 Å². The lowest BCUT2D eigenvalue weighted by molar-refractivity contribution is -0.137. The number of sulfonamides is 1. The highest BCUT2D eigenvalue weighted by atomic mass is 32.2. The van der Waals surface area contributed by atoms with E-state index in [9.17, 15) is 13.2 Å². The third kappa shape index (κ3) is 4.70. The molecule has 2 aromatic rings. The molecule has 0 atom stereocenters. The molecule has 2 heterocycles. The van der Waals surface area contributed by atoms with Gasteiger partial charge in [-0.1, -0.05) is 24.3 Å². The van der Waals surface area contributed by atoms with E-state index in [1.54, 1.807) is 30.3 Å². The average molecular weight is 445 g/mol. The van der Waals surface area contributed by atoms with E-state index >= 15 is 0 Å². The van der Waals surface area contributed by atoms with Gasteiger partial charge in [0.1, 0.15) is 13.2 Å². The van der Waals surface area contributed by atoms with Gasteiger partial charge in [0.15, 0.2) is 11.5 Å². The maximum absolute atomic E-state index is 13.2. The molecule has 0 unspecified atom stereocenters. The first-order chi connectivity index (χ1) is 15.0. The number of rotatable bonds is 6. The van der Waals surface area contributed by atoms with E-state index < -0.39 is 10.0 Å². The van der Waals surface area contributed by atoms with E-state index in [1.165, 1.54) is 4.31 Å². The Balaban J connectivity index is 1.38. The van der Waals surface area contributed by atoms with Crippen molar-refractivity contribution < 1.29 is 22.7 Å². The summed E-state index contributed by atoms with van der Waals surface area (Å²) in [5.41, 5.74) is 0.989. The Morgan fingerprint density at radius 1 is 1.03 bits per heavy atom. The fraction of sp³-hybridized carbons (Fsp3) is 0.435. The Hall–Kier alpha value is -2.58. The number of nitrogens with zero attached hydrogens (tertiary/aromatic N) is 2. The van der Waals surface area contributed by atoms with Gasteiger partial charge in [0, 0.05) is 32.1 Å². The molecular weight excluding hydrogens is 416 g/mol. The first-order valence-electron chi connectivity index (χ1n) is 10.7. The van der Waals surface area contributed by atoms with Crippen molar-refractivity contribution in [3.8, 4) is 11.5 Å². The van der Waals surface area contributed by atoms with Crippen LogP contribution in [0.1, 0.15) is 25.3 Å². The minimum absolute atomic E-state index is 0.0779. The zero-order chi connectivity index (χ0) is 21.8. The van der Waals surface area contributed by atoms with Crippen LogP contribution in [-0.2, 0) is 21.4 Å². The summed E-state index contributed by atoms with van der Waals surface area (Å²) in [6, 6.07) is 14.2. The van der Waals surface area contributed by atoms with Crippen LogP contribution in [0, 0.1) is 5.92 Å². The summed E-state index contributed by atoms with van der Waals surface area (Å²) in [4.78, 5) is 15.3. The van der Waals surface area contributed by atoms with E-state index in [4.69, 9.17) is 9.47 Å². The molecular formula is C23H28N2O5S. The smallest absolute Gasteiger partial charge is 0.243 e. The average Bonchev–Trinajstić information content (AvgIpc) is 2.82. The summed E-state index contributed by atoms with van der Waals surface area (Å²) in [5, 5.41) is 0. The van der Waals surface area contributed by atoms with E-state index in [2.05, 4.69) is 0 Å². The minimum Gasteiger partial charge on any atom is -0.486 e. The number of carbonyl (C=O) groups is 1. The zero-order valence-electron chi connectivity index (χ0n) is 17.7. The van der Waals surface area contributed by atoms with Crippen LogP contribution in [0.5, 0.6) is 11.5 Å². The second-order valence-electron chi connectivity index (χ2n) is 7.82. The number of benzene rings is 2. The molecule has 31 heavy (non-hydrogen) atoms. The maximum atomic E-state index is 13.2. The van der Waals surface area contributed by atoms with Gasteiger partial charge in [-0.3, -0.25) is 4.79 Å². The van der Waals surface area contributed by atoms with Gasteiger partial charge in [-0.2, -0.15) is 4.31 Å². The monoisotopic (exact) mass is 444 g/mol. The highest BCUT2D eigenvalue weighted by Crippen LogP contribution is 2.31. The van der Waals surface area contributed by atoms with E-state index in [0.717, 1.165) is 11.3 Å². The molecule has 2 aliphatic rings. The molecule has 7 nitrogen and oxygen atoms in total. The van der Waals surface area contributed by atoms with Gasteiger partial charge in [0.2, 0.25) is 15.9 Å². The molecule has 0 bridgehead atoms. The van der Waals surface area contributed by atoms with E-state index in [-0.39, 0.29) is 11.8 Å². The van der Waals surface area contributed by atoms with Crippen molar-refractivity contribution in [2.45, 2.75) is 31.2 Å². The summed E-state index contributed by atoms with van der Waals surface area (Å²) >= 11 is 0. The molecule has 4 rings (SSSR count). The van der Waals surface area contributed by atoms with Crippen molar-refractivity contribution >= 4 is 15.9 Å². The third-order valence-corrected chi connectivity index (χ3v) is 7.77. The molecule has 0 aliphatic carbocycles. The van der Waals surface area contributed by atoms with Gasteiger partial charge in [0.25, 0.3) is 0 Å². The molecule has 0 saturated carbocycles. The van der Waals surface area contributed by atoms with Crippen LogP contribution in [-0.4, -0.2) is 56.4 Å². The lowest BCUT2D eigenvalue weighted by Crippen LogP contribution is -2.44. The van der Waals surface area contributed by atoms with Crippen LogP contribution < -0.4 is 9.47 Å². The fourth-order valence-corrected chi connectivity index (χ4v) is 5.59. The highest BCUT2D eigenvalue weighted by molar-refractivity contribution is 7.89. The fourth-order valence-electron chi connectivity index (χ4n) is 4.09. The predicted octanol–water partition coefficient (Wildman–Crippen LogP) is 2.91. The van der Waals surface area contributed by atoms with Crippen molar-refractivity contribution in [1.82, 2.24) is 9.21 Å². The van der Waals surface area contributed by atoms with Gasteiger partial charge >= 0.3 is 0 Å². The molecule has 8 heteroatoms. The van der Waals surface area contributed by atoms with Crippen molar-refractivity contribution in [2.75, 3.05) is 32.8 Å². The number of ether oxygens (including phenoxy) is 2. The predicted molar refractivity (Wildman–Crippen MR) is 116 cm³/mol. The molecule has 0 aromatic heterocycles. The first-order valence-corrected chi connectivity index (χ1v) is 12.2. The van der Waals surface area contributed by atoms with Crippen LogP contribution in [0.2, 0.25) is 0 Å². The lowest BCUT2D eigenvalue weighted by Gasteiger charge is -2.33. The zero-order valence-corrected chi connectivity index (χ0v) is 18.5. The summed E-state index contributed by atoms with van der Waals surface area (Å²) in [6.07, 6.45) is 1.06. The normalized spacial score (nSPS) is 17.3. The number of piperidine rings is 1. The van der Waals surface area contributed by atoms with E-state index in [0.29, 0.717) is 62.9 Å². The highest BCUT2D eigenvalue weighted by Gasteiger charge is 2.33. The van der Waals surface area contributed by atoms with Gasteiger partial charge in [-0.15, -0.1) is 0 Å². The molecule has 1 amide bonds. The quantitative estimate of drug-likeness (QED) is 0.685. The van der Waals surface area contributed by atoms with Crippen molar-refractivity contribution in [1.29, 1.82) is 0 Å². The summed E-state index contributed by atoms with van der Waals surface area (Å²) in [7, 11) is -3.51. The Kier molecular flexibility index (Phi) is 6.48. The molecule has 0 N–H and O–H groups in total. The van der Waals surface area contributed by atoms with Crippen molar-refractivity contribution in [3.05, 3.63) is 54.1 Å². The van der Waals surface area contributed by atoms with Crippen molar-refractivity contribution in [2.24, 2.45) is 5.92 Å². The van der Waals surface area contributed by atoms with Crippen LogP contribution in [0.4, 0.5) is 0 Å². The molecule has 1 fully saturated rings. The van der Waals surface area contributed by atoms with Gasteiger partial charge in [0.05, 0.1) is 4.90 Å². The molecule has 166 valence electrons. The largest absolute Gasteiger partial charge is 0.486 e. The van der Waals surface area contributed by atoms with Gasteiger partial charge < -0.3 is 14.4 Å². The molecule has 1 saturated heterocycles. The number of carbonyl (C=O) groups excluding carboxylic acids is 1. The standard InChI is InChI=1S/C23H28N2O5S/c1-2-24(17-18-8-9-21-22(16-18)30-15-14-29-21)23(26)19-10-12-25(13-11-19)31(27,28)20-6-4-3-5-7-20/h3-9,16,19H,2,10-15,17H2,1H3. The number of hydrogen-bond acceptors (Lipinski definition) is 5. The summed E-state index contributed by atoms with van der Waals surface area (Å²) in [5.74, 6) is 1.36. The Morgan fingerprint density at radius 2 is 1.71 bits per heavy atom. The van der Waals surface area contributed by atoms with Crippen LogP contribution in [0.3, 0.4) is 0 Å². The Bertz CT molecular complexity index is 1020. The second kappa shape index (κ2) is 9.28. The Labute approximate surface area is 183 Å². The first kappa shape index (κ1) is 21.6. The molecule has 0 spiro atoms. The number of fused-ring (bicyclic) bond motifs is 1. The summed E-state index contributed by atoms with van der Waals surface area (Å²) < 4.78 is 38.3. The van der Waals surface area contributed by atoms with E-state index in [1.807, 2.05) is 30.0 Å². The number of hydrogen-bond donors (Lipinski definition) is 0. The van der Waals surface area contributed by atoms with Gasteiger partial charge in [-0.25, -0.2) is 8.42 Å². The second-order valence-corrected chi connectivity index (χ2v) is 9.76. The minimum atomic E-state index is -3.51. The van der Waals surface area contributed by atoms with Gasteiger partial charge in [-0.05, 0) is 49.6 Å². The third-order valence-electron chi connectivity index (χ3n) is 5.86. The molecule has 0 radical (unpaired) electrons. The van der Waals surface area contributed by atoms with Crippen LogP contribution >= 0.6 is 0 Å². The maximum Gasteiger partial charge on any atom is 0.243 e. The molecule has 2 aromatic carbocycles. The number of amides is 1. The summed E-state index contributed by atoms with van der Waals surface area (Å²) in [6.45, 7) is 4.83. The Morgan fingerprint density at radius 3 is 2.39 bits per heavy atom.